The molecule has 0 amide bonds. The molecule has 0 saturated carbocycles. The number of anilines is 1. The lowest BCUT2D eigenvalue weighted by Gasteiger charge is -2.23. The summed E-state index contributed by atoms with van der Waals surface area (Å²) in [6.45, 7) is 5.41. The smallest absolute Gasteiger partial charge is 0.303 e. The summed E-state index contributed by atoms with van der Waals surface area (Å²) in [5, 5.41) is 8.70. The Balaban J connectivity index is 2.19. The van der Waals surface area contributed by atoms with Crippen LogP contribution >= 0.6 is 0 Å². The van der Waals surface area contributed by atoms with Crippen LogP contribution in [0.5, 0.6) is 0 Å². The zero-order valence-corrected chi connectivity index (χ0v) is 10.4. The maximum atomic E-state index is 10.6. The first kappa shape index (κ1) is 12.0. The lowest BCUT2D eigenvalue weighted by molar-refractivity contribution is -0.136. The van der Waals surface area contributed by atoms with Crippen molar-refractivity contribution < 1.29 is 9.90 Å². The molecule has 3 nitrogen and oxygen atoms in total. The van der Waals surface area contributed by atoms with Crippen molar-refractivity contribution >= 4 is 11.7 Å². The maximum absolute atomic E-state index is 10.6. The van der Waals surface area contributed by atoms with Gasteiger partial charge in [0, 0.05) is 24.7 Å². The molecule has 0 fully saturated rings. The summed E-state index contributed by atoms with van der Waals surface area (Å²) in [6, 6.07) is 6.93. The van der Waals surface area contributed by atoms with E-state index in [1.807, 2.05) is 0 Å². The lowest BCUT2D eigenvalue weighted by Crippen LogP contribution is -2.28. The number of benzene rings is 1. The Kier molecular flexibility index (Phi) is 3.36. The second-order valence-electron chi connectivity index (χ2n) is 4.70. The average molecular weight is 233 g/mol. The third-order valence-electron chi connectivity index (χ3n) is 3.47. The van der Waals surface area contributed by atoms with E-state index in [0.29, 0.717) is 12.5 Å². The number of hydrogen-bond donors (Lipinski definition) is 1. The molecule has 1 aromatic carbocycles. The van der Waals surface area contributed by atoms with Gasteiger partial charge in [-0.15, -0.1) is 0 Å². The molecule has 92 valence electrons. The monoisotopic (exact) mass is 233 g/mol. The summed E-state index contributed by atoms with van der Waals surface area (Å²) in [6.07, 6.45) is 1.93. The molecular formula is C14H19NO2. The molecular weight excluding hydrogens is 214 g/mol. The van der Waals surface area contributed by atoms with E-state index >= 15 is 0 Å². The van der Waals surface area contributed by atoms with E-state index in [-0.39, 0.29) is 6.42 Å². The van der Waals surface area contributed by atoms with Crippen LogP contribution in [0.3, 0.4) is 0 Å². The van der Waals surface area contributed by atoms with Crippen LogP contribution in [-0.4, -0.2) is 23.7 Å². The van der Waals surface area contributed by atoms with E-state index < -0.39 is 5.97 Å². The van der Waals surface area contributed by atoms with Gasteiger partial charge >= 0.3 is 5.97 Å². The van der Waals surface area contributed by atoms with Gasteiger partial charge in [0.15, 0.2) is 0 Å². The minimum absolute atomic E-state index is 0.209. The Morgan fingerprint density at radius 1 is 1.53 bits per heavy atom. The Morgan fingerprint density at radius 3 is 2.94 bits per heavy atom. The summed E-state index contributed by atoms with van der Waals surface area (Å²) < 4.78 is 0. The van der Waals surface area contributed by atoms with Gasteiger partial charge in [0.1, 0.15) is 0 Å². The number of likely N-dealkylation sites (N-methyl/N-ethyl adjacent to an activating group) is 1. The van der Waals surface area contributed by atoms with E-state index in [1.165, 1.54) is 11.3 Å². The number of nitrogens with zero attached hydrogens (tertiary/aromatic N) is 1. The molecule has 3 heteroatoms. The van der Waals surface area contributed by atoms with Gasteiger partial charge in [0.25, 0.3) is 0 Å². The number of carbonyl (C=O) groups is 1. The van der Waals surface area contributed by atoms with Crippen LogP contribution in [0.25, 0.3) is 0 Å². The molecule has 1 aliphatic heterocycles. The molecule has 17 heavy (non-hydrogen) atoms. The van der Waals surface area contributed by atoms with Crippen LogP contribution in [0.15, 0.2) is 18.2 Å². The van der Waals surface area contributed by atoms with Crippen molar-refractivity contribution in [3.63, 3.8) is 0 Å². The SMILES string of the molecule is CCN1c2cc(CCC(=O)O)ccc2CC1C. The van der Waals surface area contributed by atoms with Crippen LogP contribution in [0.2, 0.25) is 0 Å². The molecule has 0 bridgehead atoms. The molecule has 1 atom stereocenters. The molecule has 2 rings (SSSR count). The fraction of sp³-hybridized carbons (Fsp3) is 0.500. The first-order valence-corrected chi connectivity index (χ1v) is 6.22. The van der Waals surface area contributed by atoms with Gasteiger partial charge in [0.2, 0.25) is 0 Å². The van der Waals surface area contributed by atoms with Crippen molar-refractivity contribution in [2.45, 2.75) is 39.2 Å². The van der Waals surface area contributed by atoms with E-state index in [1.54, 1.807) is 0 Å². The van der Waals surface area contributed by atoms with Gasteiger partial charge < -0.3 is 10.0 Å². The van der Waals surface area contributed by atoms with E-state index in [4.69, 9.17) is 5.11 Å². The van der Waals surface area contributed by atoms with Crippen LogP contribution in [0, 0.1) is 0 Å². The maximum Gasteiger partial charge on any atom is 0.303 e. The standard InChI is InChI=1S/C14H19NO2/c1-3-15-10(2)8-12-6-4-11(9-13(12)15)5-7-14(16)17/h4,6,9-10H,3,5,7-8H2,1-2H3,(H,16,17). The van der Waals surface area contributed by atoms with Gasteiger partial charge in [0.05, 0.1) is 0 Å². The number of aliphatic carboxylic acids is 1. The Hall–Kier alpha value is -1.51. The largest absolute Gasteiger partial charge is 0.481 e. The number of rotatable bonds is 4. The molecule has 0 spiro atoms. The highest BCUT2D eigenvalue weighted by atomic mass is 16.4. The van der Waals surface area contributed by atoms with Crippen LogP contribution in [-0.2, 0) is 17.6 Å². The predicted molar refractivity (Wildman–Crippen MR) is 68.6 cm³/mol. The zero-order valence-electron chi connectivity index (χ0n) is 10.4. The molecule has 1 aromatic rings. The molecule has 1 N–H and O–H groups in total. The van der Waals surface area contributed by atoms with Gasteiger partial charge in [-0.05, 0) is 43.9 Å². The van der Waals surface area contributed by atoms with Crippen LogP contribution < -0.4 is 4.90 Å². The van der Waals surface area contributed by atoms with Crippen LogP contribution in [0.1, 0.15) is 31.4 Å². The summed E-state index contributed by atoms with van der Waals surface area (Å²) in [4.78, 5) is 13.0. The molecule has 0 saturated heterocycles. The highest BCUT2D eigenvalue weighted by molar-refractivity contribution is 5.67. The molecule has 0 aliphatic carbocycles. The summed E-state index contributed by atoms with van der Waals surface area (Å²) in [7, 11) is 0. The van der Waals surface area contributed by atoms with E-state index in [2.05, 4.69) is 36.9 Å². The van der Waals surface area contributed by atoms with Crippen molar-refractivity contribution in [3.05, 3.63) is 29.3 Å². The fourth-order valence-corrected chi connectivity index (χ4v) is 2.60. The fourth-order valence-electron chi connectivity index (χ4n) is 2.60. The molecule has 1 unspecified atom stereocenters. The quantitative estimate of drug-likeness (QED) is 0.868. The number of hydrogen-bond acceptors (Lipinski definition) is 2. The highest BCUT2D eigenvalue weighted by Gasteiger charge is 2.24. The van der Waals surface area contributed by atoms with E-state index in [9.17, 15) is 4.79 Å². The molecule has 0 aromatic heterocycles. The van der Waals surface area contributed by atoms with Crippen molar-refractivity contribution in [2.75, 3.05) is 11.4 Å². The van der Waals surface area contributed by atoms with Crippen LogP contribution in [0.4, 0.5) is 5.69 Å². The number of aryl methyl sites for hydroxylation is 1. The Labute approximate surface area is 102 Å². The molecule has 0 radical (unpaired) electrons. The first-order chi connectivity index (χ1) is 8.11. The van der Waals surface area contributed by atoms with Gasteiger partial charge in [-0.3, -0.25) is 4.79 Å². The van der Waals surface area contributed by atoms with E-state index in [0.717, 1.165) is 18.5 Å². The zero-order chi connectivity index (χ0) is 12.4. The second-order valence-corrected chi connectivity index (χ2v) is 4.70. The summed E-state index contributed by atoms with van der Waals surface area (Å²) >= 11 is 0. The van der Waals surface area contributed by atoms with Gasteiger partial charge in [-0.25, -0.2) is 0 Å². The number of fused-ring (bicyclic) bond motifs is 1. The number of carboxylic acid groups (broad SMARTS) is 1. The summed E-state index contributed by atoms with van der Waals surface area (Å²) in [5.41, 5.74) is 3.81. The number of carboxylic acids is 1. The van der Waals surface area contributed by atoms with Crippen molar-refractivity contribution in [3.8, 4) is 0 Å². The molecule has 1 heterocycles. The van der Waals surface area contributed by atoms with Gasteiger partial charge in [-0.2, -0.15) is 0 Å². The minimum atomic E-state index is -0.730. The second kappa shape index (κ2) is 4.78. The topological polar surface area (TPSA) is 40.5 Å². The Morgan fingerprint density at radius 2 is 2.29 bits per heavy atom. The highest BCUT2D eigenvalue weighted by Crippen LogP contribution is 2.32. The first-order valence-electron chi connectivity index (χ1n) is 6.22. The third-order valence-corrected chi connectivity index (χ3v) is 3.47. The predicted octanol–water partition coefficient (Wildman–Crippen LogP) is 2.47. The van der Waals surface area contributed by atoms with Crippen molar-refractivity contribution in [1.82, 2.24) is 0 Å². The Bertz CT molecular complexity index is 428. The normalized spacial score (nSPS) is 18.2. The van der Waals surface area contributed by atoms with Crippen molar-refractivity contribution in [2.24, 2.45) is 0 Å². The van der Waals surface area contributed by atoms with Gasteiger partial charge in [-0.1, -0.05) is 12.1 Å². The molecule has 1 aliphatic rings. The summed E-state index contributed by atoms with van der Waals surface area (Å²) in [5.74, 6) is -0.730. The lowest BCUT2D eigenvalue weighted by atomic mass is 10.0. The third kappa shape index (κ3) is 2.43. The average Bonchev–Trinajstić information content (AvgIpc) is 2.61. The van der Waals surface area contributed by atoms with Crippen molar-refractivity contribution in [1.29, 1.82) is 0 Å². The minimum Gasteiger partial charge on any atom is -0.481 e.